The molecule has 1 fully saturated rings. The van der Waals surface area contributed by atoms with Crippen molar-refractivity contribution in [3.05, 3.63) is 21.9 Å². The van der Waals surface area contributed by atoms with E-state index in [-0.39, 0.29) is 18.8 Å². The van der Waals surface area contributed by atoms with Crippen LogP contribution in [0.3, 0.4) is 0 Å². The second-order valence-electron chi connectivity index (χ2n) is 5.71. The van der Waals surface area contributed by atoms with Crippen LogP contribution in [0.5, 0.6) is 0 Å². The average Bonchev–Trinajstić information content (AvgIpc) is 2.63. The van der Waals surface area contributed by atoms with E-state index < -0.39 is 11.5 Å². The summed E-state index contributed by atoms with van der Waals surface area (Å²) < 4.78 is 26.7. The van der Waals surface area contributed by atoms with Crippen molar-refractivity contribution in [3.8, 4) is 0 Å². The van der Waals surface area contributed by atoms with Crippen LogP contribution in [0.25, 0.3) is 0 Å². The Hall–Kier alpha value is -0.480. The highest BCUT2D eigenvalue weighted by atomic mass is 32.1. The van der Waals surface area contributed by atoms with Crippen LogP contribution >= 0.6 is 11.3 Å². The molecule has 1 N–H and O–H groups in total. The van der Waals surface area contributed by atoms with Gasteiger partial charge in [0.15, 0.2) is 0 Å². The van der Waals surface area contributed by atoms with Gasteiger partial charge in [0.1, 0.15) is 0 Å². The number of aliphatic hydroxyl groups is 1. The lowest BCUT2D eigenvalue weighted by atomic mass is 9.79. The Morgan fingerprint density at radius 3 is 2.78 bits per heavy atom. The predicted molar refractivity (Wildman–Crippen MR) is 70.1 cm³/mol. The number of hydrogen-bond donors (Lipinski definition) is 1. The Bertz CT molecular complexity index is 412. The van der Waals surface area contributed by atoms with Crippen LogP contribution in [0.2, 0.25) is 0 Å². The predicted octanol–water partition coefficient (Wildman–Crippen LogP) is 4.48. The van der Waals surface area contributed by atoms with Crippen LogP contribution in [0.4, 0.5) is 8.78 Å². The first-order chi connectivity index (χ1) is 8.28. The molecular formula is C14H20F2OS. The molecule has 4 heteroatoms. The molecule has 0 saturated heterocycles. The lowest BCUT2D eigenvalue weighted by Crippen LogP contribution is -2.31. The molecule has 1 aliphatic rings. The zero-order valence-electron chi connectivity index (χ0n) is 10.9. The maximum atomic E-state index is 13.4. The van der Waals surface area contributed by atoms with Crippen LogP contribution in [0, 0.1) is 12.8 Å². The molecule has 0 spiro atoms. The monoisotopic (exact) mass is 274 g/mol. The van der Waals surface area contributed by atoms with Gasteiger partial charge < -0.3 is 5.11 Å². The summed E-state index contributed by atoms with van der Waals surface area (Å²) in [6, 6.07) is 3.87. The number of halogens is 2. The highest BCUT2D eigenvalue weighted by molar-refractivity contribution is 7.12. The maximum Gasteiger partial charge on any atom is 0.248 e. The first kappa shape index (κ1) is 13.9. The molecule has 1 saturated carbocycles. The first-order valence-corrected chi connectivity index (χ1v) is 7.27. The number of rotatable bonds is 3. The Kier molecular flexibility index (Phi) is 3.79. The minimum absolute atomic E-state index is 0.00372. The molecule has 1 aromatic heterocycles. The van der Waals surface area contributed by atoms with Crippen molar-refractivity contribution in [2.45, 2.75) is 57.5 Å². The molecule has 2 atom stereocenters. The third kappa shape index (κ3) is 3.29. The van der Waals surface area contributed by atoms with Gasteiger partial charge in [-0.3, -0.25) is 0 Å². The highest BCUT2D eigenvalue weighted by Gasteiger charge is 2.39. The van der Waals surface area contributed by atoms with Crippen molar-refractivity contribution in [2.24, 2.45) is 5.92 Å². The molecule has 1 aliphatic carbocycles. The number of aryl methyl sites for hydroxylation is 1. The van der Waals surface area contributed by atoms with E-state index in [1.807, 2.05) is 19.1 Å². The summed E-state index contributed by atoms with van der Waals surface area (Å²) in [6.45, 7) is 3.73. The van der Waals surface area contributed by atoms with E-state index in [2.05, 4.69) is 0 Å². The third-order valence-corrected chi connectivity index (χ3v) is 4.95. The number of alkyl halides is 2. The van der Waals surface area contributed by atoms with E-state index in [1.165, 1.54) is 0 Å². The smallest absolute Gasteiger partial charge is 0.248 e. The van der Waals surface area contributed by atoms with E-state index in [1.54, 1.807) is 18.3 Å². The summed E-state index contributed by atoms with van der Waals surface area (Å²) in [7, 11) is 0. The summed E-state index contributed by atoms with van der Waals surface area (Å²) >= 11 is 1.55. The lowest BCUT2D eigenvalue weighted by Gasteiger charge is -2.33. The molecule has 0 bridgehead atoms. The van der Waals surface area contributed by atoms with Crippen molar-refractivity contribution in [2.75, 3.05) is 0 Å². The third-order valence-electron chi connectivity index (χ3n) is 3.70. The van der Waals surface area contributed by atoms with Crippen molar-refractivity contribution in [1.82, 2.24) is 0 Å². The van der Waals surface area contributed by atoms with E-state index >= 15 is 0 Å². The average molecular weight is 274 g/mol. The van der Waals surface area contributed by atoms with Crippen LogP contribution in [0.15, 0.2) is 12.1 Å². The fourth-order valence-electron chi connectivity index (χ4n) is 2.84. The van der Waals surface area contributed by atoms with Gasteiger partial charge in [0.05, 0.1) is 5.60 Å². The molecule has 0 aromatic carbocycles. The zero-order chi connectivity index (χ0) is 13.4. The van der Waals surface area contributed by atoms with Gasteiger partial charge >= 0.3 is 0 Å². The Labute approximate surface area is 111 Å². The van der Waals surface area contributed by atoms with Crippen molar-refractivity contribution in [1.29, 1.82) is 0 Å². The van der Waals surface area contributed by atoms with Gasteiger partial charge in [-0.1, -0.05) is 0 Å². The summed E-state index contributed by atoms with van der Waals surface area (Å²) in [5.74, 6) is -2.61. The Morgan fingerprint density at radius 1 is 1.50 bits per heavy atom. The van der Waals surface area contributed by atoms with Crippen LogP contribution in [-0.4, -0.2) is 11.0 Å². The number of thiophene rings is 1. The fraction of sp³-hybridized carbons (Fsp3) is 0.714. The highest BCUT2D eigenvalue weighted by Crippen LogP contribution is 2.42. The second-order valence-corrected chi connectivity index (χ2v) is 6.99. The molecule has 0 amide bonds. The second kappa shape index (κ2) is 4.89. The molecule has 1 heterocycles. The quantitative estimate of drug-likeness (QED) is 0.861. The zero-order valence-corrected chi connectivity index (χ0v) is 11.7. The molecule has 1 nitrogen and oxygen atoms in total. The Balaban J connectivity index is 2.04. The normalized spacial score (nSPS) is 26.8. The molecule has 1 aromatic rings. The summed E-state index contributed by atoms with van der Waals surface area (Å²) in [6.07, 6.45) is 1.73. The summed E-state index contributed by atoms with van der Waals surface area (Å²) in [5, 5.41) is 10.5. The van der Waals surface area contributed by atoms with Crippen LogP contribution < -0.4 is 0 Å². The minimum atomic E-state index is -2.54. The van der Waals surface area contributed by atoms with Gasteiger partial charge in [-0.15, -0.1) is 11.3 Å². The lowest BCUT2D eigenvalue weighted by molar-refractivity contribution is -0.0687. The molecule has 0 radical (unpaired) electrons. The SMILES string of the molecule is Cc1ccc(C(C)(O)CC2CCCC(F)(F)C2)s1. The minimum Gasteiger partial charge on any atom is -0.385 e. The molecule has 2 rings (SSSR count). The van der Waals surface area contributed by atoms with E-state index in [0.717, 1.165) is 16.2 Å². The van der Waals surface area contributed by atoms with Crippen molar-refractivity contribution < 1.29 is 13.9 Å². The molecule has 0 aliphatic heterocycles. The van der Waals surface area contributed by atoms with Crippen molar-refractivity contribution in [3.63, 3.8) is 0 Å². The molecular weight excluding hydrogens is 254 g/mol. The van der Waals surface area contributed by atoms with Gasteiger partial charge in [-0.25, -0.2) is 8.78 Å². The number of hydrogen-bond acceptors (Lipinski definition) is 2. The van der Waals surface area contributed by atoms with Gasteiger partial charge in [-0.2, -0.15) is 0 Å². The van der Waals surface area contributed by atoms with Gasteiger partial charge in [0, 0.05) is 22.6 Å². The molecule has 2 unspecified atom stereocenters. The topological polar surface area (TPSA) is 20.2 Å². The van der Waals surface area contributed by atoms with E-state index in [9.17, 15) is 13.9 Å². The summed E-state index contributed by atoms with van der Waals surface area (Å²) in [4.78, 5) is 2.02. The van der Waals surface area contributed by atoms with Crippen molar-refractivity contribution >= 4 is 11.3 Å². The van der Waals surface area contributed by atoms with E-state index in [0.29, 0.717) is 12.8 Å². The van der Waals surface area contributed by atoms with Gasteiger partial charge in [-0.05, 0) is 51.2 Å². The molecule has 18 heavy (non-hydrogen) atoms. The standard InChI is InChI=1S/C14H20F2OS/c1-10-5-6-12(18-10)13(2,17)8-11-4-3-7-14(15,16)9-11/h5-6,11,17H,3-4,7-9H2,1-2H3. The molecule has 102 valence electrons. The van der Waals surface area contributed by atoms with Crippen LogP contribution in [0.1, 0.15) is 48.8 Å². The van der Waals surface area contributed by atoms with Gasteiger partial charge in [0.25, 0.3) is 0 Å². The van der Waals surface area contributed by atoms with Gasteiger partial charge in [0.2, 0.25) is 5.92 Å². The summed E-state index contributed by atoms with van der Waals surface area (Å²) in [5.41, 5.74) is -0.975. The Morgan fingerprint density at radius 2 is 2.22 bits per heavy atom. The largest absolute Gasteiger partial charge is 0.385 e. The van der Waals surface area contributed by atoms with E-state index in [4.69, 9.17) is 0 Å². The maximum absolute atomic E-state index is 13.4. The van der Waals surface area contributed by atoms with Crippen LogP contribution in [-0.2, 0) is 5.60 Å². The first-order valence-electron chi connectivity index (χ1n) is 6.46. The fourth-order valence-corrected chi connectivity index (χ4v) is 3.76.